The Morgan fingerprint density at radius 2 is 1.62 bits per heavy atom. The highest BCUT2D eigenvalue weighted by Crippen LogP contribution is 2.30. The molecule has 0 atom stereocenters. The van der Waals surface area contributed by atoms with Crippen LogP contribution >= 0.6 is 11.6 Å². The first-order valence-electron chi connectivity index (χ1n) is 9.92. The maximum atomic E-state index is 13.2. The molecule has 0 aliphatic rings. The first-order chi connectivity index (χ1) is 15.8. The highest BCUT2D eigenvalue weighted by molar-refractivity contribution is 6.30. The van der Waals surface area contributed by atoms with E-state index in [4.69, 9.17) is 11.6 Å². The number of aromatic nitrogens is 3. The van der Waals surface area contributed by atoms with Crippen LogP contribution in [0.4, 0.5) is 24.8 Å². The Kier molecular flexibility index (Phi) is 6.87. The molecule has 0 bridgehead atoms. The molecule has 12 heteroatoms. The summed E-state index contributed by atoms with van der Waals surface area (Å²) in [6, 6.07) is 10.5. The summed E-state index contributed by atoms with van der Waals surface area (Å²) in [5.74, 6) is -1.43. The van der Waals surface area contributed by atoms with Gasteiger partial charge in [-0.1, -0.05) is 23.7 Å². The molecule has 0 amide bonds. The van der Waals surface area contributed by atoms with Crippen LogP contribution in [0.5, 0.6) is 0 Å². The minimum Gasteiger partial charge on any atom is -0.481 e. The van der Waals surface area contributed by atoms with Crippen molar-refractivity contribution in [2.45, 2.75) is 33.1 Å². The summed E-state index contributed by atoms with van der Waals surface area (Å²) in [6.45, 7) is 2.21. The molecule has 180 valence electrons. The fourth-order valence-corrected chi connectivity index (χ4v) is 3.14. The number of nitrogens with zero attached hydrogens (tertiary/aromatic N) is 3. The Morgan fingerprint density at radius 1 is 1.03 bits per heavy atom. The van der Waals surface area contributed by atoms with Gasteiger partial charge in [-0.3, -0.25) is 9.36 Å². The van der Waals surface area contributed by atoms with Crippen molar-refractivity contribution >= 4 is 29.2 Å². The van der Waals surface area contributed by atoms with Crippen LogP contribution in [0.25, 0.3) is 0 Å². The quantitative estimate of drug-likeness (QED) is 0.512. The highest BCUT2D eigenvalue weighted by Gasteiger charge is 2.31. The first kappa shape index (κ1) is 25.0. The zero-order chi connectivity index (χ0) is 25.3. The average molecular weight is 497 g/mol. The van der Waals surface area contributed by atoms with Crippen molar-refractivity contribution in [2.24, 2.45) is 5.41 Å². The number of benzene rings is 2. The summed E-state index contributed by atoms with van der Waals surface area (Å²) in [5, 5.41) is 12.6. The molecule has 0 aliphatic carbocycles. The lowest BCUT2D eigenvalue weighted by molar-refractivity contribution is -0.147. The van der Waals surface area contributed by atoms with Crippen molar-refractivity contribution in [1.29, 1.82) is 0 Å². The molecule has 3 rings (SSSR count). The van der Waals surface area contributed by atoms with Gasteiger partial charge in [0.15, 0.2) is 0 Å². The molecule has 1 aromatic heterocycles. The van der Waals surface area contributed by atoms with Crippen LogP contribution in [0.1, 0.15) is 25.0 Å². The molecule has 0 fully saturated rings. The SMILES string of the molecule is CC(C)(Cn1c(=O)nc(Nc2ccc(C(F)(F)F)cc2)n(Cc2ccc(Cl)cc2)c1=O)C(=O)O. The standard InChI is InChI=1S/C22H20ClF3N4O4/c1-21(2,17(31)32)12-30-19(33)28-18(27-16-9-5-14(6-10-16)22(24,25)26)29(20(30)34)11-13-3-7-15(23)8-4-13/h3-10H,11-12H2,1-2H3,(H,31,32)(H,27,28,33). The number of carboxylic acid groups (broad SMARTS) is 1. The van der Waals surface area contributed by atoms with Crippen molar-refractivity contribution < 1.29 is 23.1 Å². The molecule has 8 nitrogen and oxygen atoms in total. The van der Waals surface area contributed by atoms with E-state index in [1.807, 2.05) is 0 Å². The van der Waals surface area contributed by atoms with E-state index < -0.39 is 41.0 Å². The average Bonchev–Trinajstić information content (AvgIpc) is 2.75. The third-order valence-electron chi connectivity index (χ3n) is 5.00. The van der Waals surface area contributed by atoms with Crippen LogP contribution < -0.4 is 16.7 Å². The molecule has 0 radical (unpaired) electrons. The number of carbonyl (C=O) groups is 1. The second-order valence-electron chi connectivity index (χ2n) is 8.19. The van der Waals surface area contributed by atoms with Crippen molar-refractivity contribution in [3.63, 3.8) is 0 Å². The van der Waals surface area contributed by atoms with E-state index in [1.165, 1.54) is 13.8 Å². The number of carboxylic acids is 1. The Labute approximate surface area is 196 Å². The molecule has 0 aliphatic heterocycles. The second-order valence-corrected chi connectivity index (χ2v) is 8.62. The number of anilines is 2. The predicted octanol–water partition coefficient (Wildman–Crippen LogP) is 3.98. The number of aliphatic carboxylic acids is 1. The third kappa shape index (κ3) is 5.66. The van der Waals surface area contributed by atoms with Crippen LogP contribution in [0.2, 0.25) is 5.02 Å². The lowest BCUT2D eigenvalue weighted by Crippen LogP contribution is -2.46. The molecule has 0 unspecified atom stereocenters. The zero-order valence-corrected chi connectivity index (χ0v) is 18.8. The van der Waals surface area contributed by atoms with Crippen LogP contribution in [-0.2, 0) is 24.1 Å². The fourth-order valence-electron chi connectivity index (χ4n) is 3.01. The van der Waals surface area contributed by atoms with Crippen LogP contribution in [-0.4, -0.2) is 25.2 Å². The van der Waals surface area contributed by atoms with E-state index >= 15 is 0 Å². The van der Waals surface area contributed by atoms with Crippen LogP contribution in [0, 0.1) is 5.41 Å². The van der Waals surface area contributed by atoms with Crippen molar-refractivity contribution in [3.05, 3.63) is 85.6 Å². The van der Waals surface area contributed by atoms with Crippen LogP contribution in [0.15, 0.2) is 58.1 Å². The minimum absolute atomic E-state index is 0.0697. The molecular formula is C22H20ClF3N4O4. The van der Waals surface area contributed by atoms with Gasteiger partial charge < -0.3 is 10.4 Å². The van der Waals surface area contributed by atoms with Crippen molar-refractivity contribution in [3.8, 4) is 0 Å². The summed E-state index contributed by atoms with van der Waals surface area (Å²) in [7, 11) is 0. The van der Waals surface area contributed by atoms with E-state index in [9.17, 15) is 32.7 Å². The molecule has 0 spiro atoms. The number of nitrogens with one attached hydrogen (secondary N) is 1. The normalized spacial score (nSPS) is 11.9. The van der Waals surface area contributed by atoms with Gasteiger partial charge >= 0.3 is 23.5 Å². The van der Waals surface area contributed by atoms with Gasteiger partial charge in [0.1, 0.15) is 0 Å². The lowest BCUT2D eigenvalue weighted by Gasteiger charge is -2.21. The maximum Gasteiger partial charge on any atom is 0.416 e. The number of alkyl halides is 3. The third-order valence-corrected chi connectivity index (χ3v) is 5.26. The van der Waals surface area contributed by atoms with Gasteiger partial charge in [0, 0.05) is 17.3 Å². The zero-order valence-electron chi connectivity index (χ0n) is 18.1. The molecule has 2 aromatic carbocycles. The first-order valence-corrected chi connectivity index (χ1v) is 10.3. The van der Waals surface area contributed by atoms with Gasteiger partial charge in [-0.25, -0.2) is 14.2 Å². The van der Waals surface area contributed by atoms with E-state index in [2.05, 4.69) is 10.3 Å². The molecular weight excluding hydrogens is 477 g/mol. The Balaban J connectivity index is 2.08. The van der Waals surface area contributed by atoms with Gasteiger partial charge in [-0.2, -0.15) is 18.2 Å². The van der Waals surface area contributed by atoms with Crippen LogP contribution in [0.3, 0.4) is 0 Å². The number of halogens is 4. The number of rotatable bonds is 7. The monoisotopic (exact) mass is 496 g/mol. The summed E-state index contributed by atoms with van der Waals surface area (Å²) in [4.78, 5) is 41.2. The lowest BCUT2D eigenvalue weighted by atomic mass is 9.94. The topological polar surface area (TPSA) is 106 Å². The summed E-state index contributed by atoms with van der Waals surface area (Å²) in [6.07, 6.45) is -4.52. The highest BCUT2D eigenvalue weighted by atomic mass is 35.5. The van der Waals surface area contributed by atoms with E-state index in [1.54, 1.807) is 24.3 Å². The predicted molar refractivity (Wildman–Crippen MR) is 119 cm³/mol. The van der Waals surface area contributed by atoms with E-state index in [-0.39, 0.29) is 18.2 Å². The Morgan fingerprint density at radius 3 is 2.15 bits per heavy atom. The smallest absolute Gasteiger partial charge is 0.416 e. The largest absolute Gasteiger partial charge is 0.481 e. The second kappa shape index (κ2) is 9.34. The van der Waals surface area contributed by atoms with Gasteiger partial charge in [0.2, 0.25) is 5.95 Å². The summed E-state index contributed by atoms with van der Waals surface area (Å²) < 4.78 is 40.4. The molecule has 0 saturated heterocycles. The van der Waals surface area contributed by atoms with E-state index in [0.717, 1.165) is 28.8 Å². The van der Waals surface area contributed by atoms with Gasteiger partial charge in [-0.05, 0) is 55.8 Å². The Hall–Kier alpha value is -3.60. The van der Waals surface area contributed by atoms with Gasteiger partial charge in [0.25, 0.3) is 0 Å². The maximum absolute atomic E-state index is 13.2. The number of hydrogen-bond acceptors (Lipinski definition) is 5. The molecule has 34 heavy (non-hydrogen) atoms. The minimum atomic E-state index is -4.52. The fraction of sp³-hybridized carbons (Fsp3) is 0.273. The van der Waals surface area contributed by atoms with Crippen molar-refractivity contribution in [2.75, 3.05) is 5.32 Å². The summed E-state index contributed by atoms with van der Waals surface area (Å²) in [5.41, 5.74) is -3.36. The molecule has 0 saturated carbocycles. The molecule has 2 N–H and O–H groups in total. The molecule has 1 heterocycles. The summed E-state index contributed by atoms with van der Waals surface area (Å²) >= 11 is 5.90. The van der Waals surface area contributed by atoms with E-state index in [0.29, 0.717) is 15.2 Å². The van der Waals surface area contributed by atoms with Gasteiger partial charge in [0.05, 0.1) is 17.5 Å². The molecule has 3 aromatic rings. The number of hydrogen-bond donors (Lipinski definition) is 2. The Bertz CT molecular complexity index is 1310. The van der Waals surface area contributed by atoms with Gasteiger partial charge in [-0.15, -0.1) is 0 Å². The van der Waals surface area contributed by atoms with Crippen molar-refractivity contribution in [1.82, 2.24) is 14.1 Å².